The number of nitrogens with two attached hydrogens (primary N) is 1. The van der Waals surface area contributed by atoms with Crippen LogP contribution in [0.4, 0.5) is 5.69 Å². The summed E-state index contributed by atoms with van der Waals surface area (Å²) in [6.45, 7) is 2.55. The van der Waals surface area contributed by atoms with E-state index in [0.717, 1.165) is 11.3 Å². The highest BCUT2D eigenvalue weighted by atomic mass is 16.2. The summed E-state index contributed by atoms with van der Waals surface area (Å²) >= 11 is 0. The van der Waals surface area contributed by atoms with Crippen LogP contribution in [0.2, 0.25) is 0 Å². The lowest BCUT2D eigenvalue weighted by molar-refractivity contribution is -0.123. The molecule has 13 heavy (non-hydrogen) atoms. The molecule has 4 heteroatoms. The number of amides is 1. The van der Waals surface area contributed by atoms with Crippen LogP contribution in [0, 0.1) is 6.92 Å². The van der Waals surface area contributed by atoms with Crippen molar-refractivity contribution in [3.8, 4) is 0 Å². The van der Waals surface area contributed by atoms with Crippen molar-refractivity contribution in [2.75, 3.05) is 11.4 Å². The van der Waals surface area contributed by atoms with E-state index in [1.165, 1.54) is 0 Å². The van der Waals surface area contributed by atoms with Gasteiger partial charge in [0.05, 0.1) is 18.4 Å². The smallest absolute Gasteiger partial charge is 0.245 e. The Labute approximate surface area is 76.4 Å². The molecule has 1 aromatic heterocycles. The molecule has 0 spiro atoms. The third-order valence-corrected chi connectivity index (χ3v) is 2.13. The predicted octanol–water partition coefficient (Wildman–Crippen LogP) is 0.0639. The van der Waals surface area contributed by atoms with Crippen molar-refractivity contribution in [1.29, 1.82) is 0 Å². The van der Waals surface area contributed by atoms with Crippen LogP contribution in [0.1, 0.15) is 5.56 Å². The highest BCUT2D eigenvalue weighted by molar-refractivity contribution is 6.03. The van der Waals surface area contributed by atoms with E-state index >= 15 is 0 Å². The molecule has 0 aliphatic carbocycles. The number of rotatable bonds is 1. The molecule has 1 aliphatic heterocycles. The number of hydrogen-bond donors (Lipinski definition) is 1. The van der Waals surface area contributed by atoms with E-state index in [9.17, 15) is 4.79 Å². The molecule has 0 saturated carbocycles. The van der Waals surface area contributed by atoms with Crippen LogP contribution in [0.5, 0.6) is 0 Å². The Morgan fingerprint density at radius 1 is 1.62 bits per heavy atom. The van der Waals surface area contributed by atoms with Crippen LogP contribution in [0.15, 0.2) is 18.5 Å². The predicted molar refractivity (Wildman–Crippen MR) is 49.3 cm³/mol. The van der Waals surface area contributed by atoms with Crippen LogP contribution in [-0.2, 0) is 4.79 Å². The number of aromatic nitrogens is 1. The molecule has 1 fully saturated rings. The first-order valence-electron chi connectivity index (χ1n) is 4.17. The average Bonchev–Trinajstić information content (AvgIpc) is 2.13. The van der Waals surface area contributed by atoms with Gasteiger partial charge in [-0.05, 0) is 18.6 Å². The summed E-state index contributed by atoms with van der Waals surface area (Å²) in [6, 6.07) is 1.61. The summed E-state index contributed by atoms with van der Waals surface area (Å²) < 4.78 is 0. The minimum absolute atomic E-state index is 0.0209. The molecule has 68 valence electrons. The fraction of sp³-hybridized carbons (Fsp3) is 0.333. The maximum atomic E-state index is 11.2. The standard InChI is InChI=1S/C9H11N3O/c1-6-2-7(4-11-3-6)12-5-8(10)9(12)13/h2-4,8H,5,10H2,1H3. The van der Waals surface area contributed by atoms with Gasteiger partial charge in [-0.25, -0.2) is 0 Å². The van der Waals surface area contributed by atoms with Crippen LogP contribution < -0.4 is 10.6 Å². The van der Waals surface area contributed by atoms with Crippen molar-refractivity contribution < 1.29 is 4.79 Å². The Bertz CT molecular complexity index is 350. The fourth-order valence-corrected chi connectivity index (χ4v) is 1.37. The van der Waals surface area contributed by atoms with Gasteiger partial charge in [-0.15, -0.1) is 0 Å². The first-order valence-corrected chi connectivity index (χ1v) is 4.17. The molecule has 1 atom stereocenters. The van der Waals surface area contributed by atoms with E-state index < -0.39 is 0 Å². The van der Waals surface area contributed by atoms with E-state index in [2.05, 4.69) is 4.98 Å². The zero-order chi connectivity index (χ0) is 9.42. The zero-order valence-electron chi connectivity index (χ0n) is 7.40. The number of pyridine rings is 1. The van der Waals surface area contributed by atoms with Gasteiger partial charge >= 0.3 is 0 Å². The molecule has 1 amide bonds. The molecule has 2 N–H and O–H groups in total. The Morgan fingerprint density at radius 2 is 2.38 bits per heavy atom. The van der Waals surface area contributed by atoms with Crippen LogP contribution in [0.25, 0.3) is 0 Å². The Balaban J connectivity index is 2.23. The minimum atomic E-state index is -0.319. The van der Waals surface area contributed by atoms with Crippen molar-refractivity contribution in [1.82, 2.24) is 4.98 Å². The zero-order valence-corrected chi connectivity index (χ0v) is 7.40. The fourth-order valence-electron chi connectivity index (χ4n) is 1.37. The quantitative estimate of drug-likeness (QED) is 0.617. The van der Waals surface area contributed by atoms with Gasteiger partial charge < -0.3 is 10.6 Å². The number of carbonyl (C=O) groups is 1. The largest absolute Gasteiger partial charge is 0.318 e. The second-order valence-corrected chi connectivity index (χ2v) is 3.28. The Morgan fingerprint density at radius 3 is 2.92 bits per heavy atom. The normalized spacial score (nSPS) is 21.5. The molecular weight excluding hydrogens is 166 g/mol. The number of carbonyl (C=O) groups excluding carboxylic acids is 1. The second kappa shape index (κ2) is 2.81. The monoisotopic (exact) mass is 177 g/mol. The van der Waals surface area contributed by atoms with Gasteiger partial charge in [0, 0.05) is 6.20 Å². The van der Waals surface area contributed by atoms with Crippen LogP contribution in [0.3, 0.4) is 0 Å². The second-order valence-electron chi connectivity index (χ2n) is 3.28. The van der Waals surface area contributed by atoms with Gasteiger partial charge in [-0.1, -0.05) is 0 Å². The highest BCUT2D eigenvalue weighted by Gasteiger charge is 2.34. The van der Waals surface area contributed by atoms with Crippen LogP contribution >= 0.6 is 0 Å². The minimum Gasteiger partial charge on any atom is -0.318 e. The average molecular weight is 177 g/mol. The van der Waals surface area contributed by atoms with E-state index in [4.69, 9.17) is 5.73 Å². The van der Waals surface area contributed by atoms with E-state index in [1.807, 2.05) is 13.0 Å². The molecule has 2 rings (SSSR count). The van der Waals surface area contributed by atoms with Crippen LogP contribution in [-0.4, -0.2) is 23.5 Å². The SMILES string of the molecule is Cc1cncc(N2CC(N)C2=O)c1. The lowest BCUT2D eigenvalue weighted by Gasteiger charge is -2.35. The number of aryl methyl sites for hydroxylation is 1. The van der Waals surface area contributed by atoms with Gasteiger partial charge in [0.1, 0.15) is 6.04 Å². The maximum Gasteiger partial charge on any atom is 0.245 e. The number of hydrogen-bond acceptors (Lipinski definition) is 3. The van der Waals surface area contributed by atoms with Gasteiger partial charge in [0.15, 0.2) is 0 Å². The van der Waals surface area contributed by atoms with Gasteiger partial charge in [-0.3, -0.25) is 9.78 Å². The summed E-state index contributed by atoms with van der Waals surface area (Å²) in [7, 11) is 0. The first-order chi connectivity index (χ1) is 6.18. The van der Waals surface area contributed by atoms with Crippen molar-refractivity contribution in [3.63, 3.8) is 0 Å². The molecule has 0 aromatic carbocycles. The molecule has 2 heterocycles. The molecule has 4 nitrogen and oxygen atoms in total. The van der Waals surface area contributed by atoms with E-state index in [1.54, 1.807) is 17.3 Å². The molecule has 0 bridgehead atoms. The number of β-lactam (4-membered cyclic amide) rings is 1. The lowest BCUT2D eigenvalue weighted by atomic mass is 10.1. The summed E-state index contributed by atoms with van der Waals surface area (Å²) in [5, 5.41) is 0. The molecule has 1 saturated heterocycles. The molecule has 1 aliphatic rings. The number of anilines is 1. The molecular formula is C9H11N3O. The topological polar surface area (TPSA) is 59.2 Å². The summed E-state index contributed by atoms with van der Waals surface area (Å²) in [5.41, 5.74) is 7.36. The van der Waals surface area contributed by atoms with Gasteiger partial charge in [0.25, 0.3) is 0 Å². The van der Waals surface area contributed by atoms with Crippen molar-refractivity contribution in [3.05, 3.63) is 24.0 Å². The number of nitrogens with zero attached hydrogens (tertiary/aromatic N) is 2. The third kappa shape index (κ3) is 1.29. The lowest BCUT2D eigenvalue weighted by Crippen LogP contribution is -2.61. The third-order valence-electron chi connectivity index (χ3n) is 2.13. The van der Waals surface area contributed by atoms with Gasteiger partial charge in [0.2, 0.25) is 5.91 Å². The Kier molecular flexibility index (Phi) is 1.77. The van der Waals surface area contributed by atoms with Crippen molar-refractivity contribution in [2.45, 2.75) is 13.0 Å². The van der Waals surface area contributed by atoms with E-state index in [-0.39, 0.29) is 11.9 Å². The molecule has 1 unspecified atom stereocenters. The molecule has 1 aromatic rings. The first kappa shape index (κ1) is 8.19. The summed E-state index contributed by atoms with van der Waals surface area (Å²) in [6.07, 6.45) is 3.43. The van der Waals surface area contributed by atoms with Crippen molar-refractivity contribution >= 4 is 11.6 Å². The van der Waals surface area contributed by atoms with E-state index in [0.29, 0.717) is 6.54 Å². The van der Waals surface area contributed by atoms with Gasteiger partial charge in [-0.2, -0.15) is 0 Å². The maximum absolute atomic E-state index is 11.2. The highest BCUT2D eigenvalue weighted by Crippen LogP contribution is 2.20. The molecule has 0 radical (unpaired) electrons. The summed E-state index contributed by atoms with van der Waals surface area (Å²) in [4.78, 5) is 16.9. The Hall–Kier alpha value is -1.42. The summed E-state index contributed by atoms with van der Waals surface area (Å²) in [5.74, 6) is -0.0209. The van der Waals surface area contributed by atoms with Crippen molar-refractivity contribution in [2.24, 2.45) is 5.73 Å².